The number of hydrogen-bond donors (Lipinski definition) is 0. The van der Waals surface area contributed by atoms with E-state index in [1.165, 1.54) is 6.07 Å². The average Bonchev–Trinajstić information content (AvgIpc) is 3.11. The molecule has 4 rings (SSSR count). The first kappa shape index (κ1) is 14.9. The Hall–Kier alpha value is -2.69. The van der Waals surface area contributed by atoms with Gasteiger partial charge in [-0.1, -0.05) is 30.3 Å². The number of likely N-dealkylation sites (tertiary alicyclic amines) is 1. The number of rotatable bonds is 3. The zero-order valence-corrected chi connectivity index (χ0v) is 13.4. The third kappa shape index (κ3) is 2.46. The quantitative estimate of drug-likeness (QED) is 0.742. The number of amides is 1. The van der Waals surface area contributed by atoms with Crippen LogP contribution in [0, 0.1) is 5.82 Å². The number of hydrogen-bond acceptors (Lipinski definition) is 2. The van der Waals surface area contributed by atoms with E-state index in [1.54, 1.807) is 17.0 Å². The molecule has 1 aromatic heterocycles. The van der Waals surface area contributed by atoms with Gasteiger partial charge >= 0.3 is 0 Å². The van der Waals surface area contributed by atoms with Crippen molar-refractivity contribution in [3.63, 3.8) is 0 Å². The second-order valence-corrected chi connectivity index (χ2v) is 6.31. The van der Waals surface area contributed by atoms with Crippen molar-refractivity contribution in [3.8, 4) is 0 Å². The Morgan fingerprint density at radius 2 is 1.92 bits per heavy atom. The van der Waals surface area contributed by atoms with E-state index in [9.17, 15) is 9.18 Å². The highest BCUT2D eigenvalue weighted by Crippen LogP contribution is 2.30. The molecule has 1 fully saturated rings. The third-order valence-corrected chi connectivity index (χ3v) is 4.68. The molecule has 2 heterocycles. The first-order chi connectivity index (χ1) is 11.6. The van der Waals surface area contributed by atoms with E-state index < -0.39 is 0 Å². The smallest absolute Gasteiger partial charge is 0.223 e. The Morgan fingerprint density at radius 1 is 1.17 bits per heavy atom. The van der Waals surface area contributed by atoms with Crippen LogP contribution in [-0.4, -0.2) is 34.0 Å². The van der Waals surface area contributed by atoms with Gasteiger partial charge in [-0.15, -0.1) is 0 Å². The fourth-order valence-electron chi connectivity index (χ4n) is 3.41. The topological polar surface area (TPSA) is 38.1 Å². The Kier molecular flexibility index (Phi) is 3.56. The van der Waals surface area contributed by atoms with Crippen molar-refractivity contribution in [1.82, 2.24) is 14.5 Å². The SMILES string of the molecule is CN1C[C@@H](c2nc3ccccc3n2Cc2ccccc2F)CC1=O. The molecular formula is C19H18FN3O. The molecule has 3 aromatic rings. The summed E-state index contributed by atoms with van der Waals surface area (Å²) in [7, 11) is 1.81. The van der Waals surface area contributed by atoms with Gasteiger partial charge in [-0.25, -0.2) is 9.37 Å². The van der Waals surface area contributed by atoms with Gasteiger partial charge in [-0.05, 0) is 18.2 Å². The minimum Gasteiger partial charge on any atom is -0.345 e. The number of imidazole rings is 1. The monoisotopic (exact) mass is 323 g/mol. The molecule has 1 atom stereocenters. The number of carbonyl (C=O) groups excluding carboxylic acids is 1. The second kappa shape index (κ2) is 5.74. The molecule has 0 bridgehead atoms. The van der Waals surface area contributed by atoms with Crippen LogP contribution in [-0.2, 0) is 11.3 Å². The zero-order chi connectivity index (χ0) is 16.7. The second-order valence-electron chi connectivity index (χ2n) is 6.31. The van der Waals surface area contributed by atoms with E-state index in [1.807, 2.05) is 41.9 Å². The molecule has 0 radical (unpaired) electrons. The average molecular weight is 323 g/mol. The lowest BCUT2D eigenvalue weighted by Gasteiger charge is -2.14. The predicted molar refractivity (Wildman–Crippen MR) is 90.2 cm³/mol. The van der Waals surface area contributed by atoms with Crippen LogP contribution in [0.4, 0.5) is 4.39 Å². The zero-order valence-electron chi connectivity index (χ0n) is 13.4. The van der Waals surface area contributed by atoms with Crippen LogP contribution in [0.5, 0.6) is 0 Å². The van der Waals surface area contributed by atoms with Crippen molar-refractivity contribution >= 4 is 16.9 Å². The van der Waals surface area contributed by atoms with E-state index in [-0.39, 0.29) is 17.6 Å². The van der Waals surface area contributed by atoms with E-state index >= 15 is 0 Å². The summed E-state index contributed by atoms with van der Waals surface area (Å²) in [6.07, 6.45) is 0.455. The largest absolute Gasteiger partial charge is 0.345 e. The third-order valence-electron chi connectivity index (χ3n) is 4.68. The maximum Gasteiger partial charge on any atom is 0.223 e. The normalized spacial score (nSPS) is 17.8. The molecule has 2 aromatic carbocycles. The highest BCUT2D eigenvalue weighted by molar-refractivity contribution is 5.80. The van der Waals surface area contributed by atoms with E-state index in [2.05, 4.69) is 0 Å². The van der Waals surface area contributed by atoms with Gasteiger partial charge < -0.3 is 9.47 Å². The maximum absolute atomic E-state index is 14.1. The highest BCUT2D eigenvalue weighted by atomic mass is 19.1. The van der Waals surface area contributed by atoms with Crippen LogP contribution in [0.15, 0.2) is 48.5 Å². The summed E-state index contributed by atoms with van der Waals surface area (Å²) in [4.78, 5) is 18.4. The summed E-state index contributed by atoms with van der Waals surface area (Å²) in [6, 6.07) is 14.6. The molecule has 0 unspecified atom stereocenters. The fourth-order valence-corrected chi connectivity index (χ4v) is 3.41. The van der Waals surface area contributed by atoms with Gasteiger partial charge in [0.1, 0.15) is 11.6 Å². The van der Waals surface area contributed by atoms with Crippen molar-refractivity contribution < 1.29 is 9.18 Å². The van der Waals surface area contributed by atoms with Gasteiger partial charge in [0.2, 0.25) is 5.91 Å². The maximum atomic E-state index is 14.1. The van der Waals surface area contributed by atoms with E-state index in [0.29, 0.717) is 25.1 Å². The number of fused-ring (bicyclic) bond motifs is 1. The first-order valence-electron chi connectivity index (χ1n) is 8.06. The van der Waals surface area contributed by atoms with Gasteiger partial charge in [0.25, 0.3) is 0 Å². The van der Waals surface area contributed by atoms with Crippen LogP contribution in [0.1, 0.15) is 23.7 Å². The molecule has 0 saturated carbocycles. The number of likely N-dealkylation sites (N-methyl/N-ethyl adjacent to an activating group) is 1. The Bertz CT molecular complexity index is 918. The van der Waals surface area contributed by atoms with E-state index in [4.69, 9.17) is 4.98 Å². The molecule has 1 aliphatic rings. The molecule has 24 heavy (non-hydrogen) atoms. The molecule has 0 aliphatic carbocycles. The van der Waals surface area contributed by atoms with E-state index in [0.717, 1.165) is 16.9 Å². The lowest BCUT2D eigenvalue weighted by atomic mass is 10.1. The van der Waals surface area contributed by atoms with Crippen LogP contribution >= 0.6 is 0 Å². The molecule has 0 spiro atoms. The van der Waals surface area contributed by atoms with Gasteiger partial charge in [0.05, 0.1) is 17.6 Å². The molecule has 122 valence electrons. The first-order valence-corrected chi connectivity index (χ1v) is 8.06. The molecule has 4 nitrogen and oxygen atoms in total. The van der Waals surface area contributed by atoms with Crippen LogP contribution in [0.2, 0.25) is 0 Å². The number of carbonyl (C=O) groups is 1. The Morgan fingerprint density at radius 3 is 2.67 bits per heavy atom. The fraction of sp³-hybridized carbons (Fsp3) is 0.263. The van der Waals surface area contributed by atoms with Crippen molar-refractivity contribution in [2.24, 2.45) is 0 Å². The summed E-state index contributed by atoms with van der Waals surface area (Å²) >= 11 is 0. The summed E-state index contributed by atoms with van der Waals surface area (Å²) < 4.78 is 16.2. The van der Waals surface area contributed by atoms with Gasteiger partial charge in [-0.2, -0.15) is 0 Å². The predicted octanol–water partition coefficient (Wildman–Crippen LogP) is 3.17. The van der Waals surface area contributed by atoms with Crippen LogP contribution in [0.3, 0.4) is 0 Å². The van der Waals surface area contributed by atoms with Crippen molar-refractivity contribution in [2.75, 3.05) is 13.6 Å². The minimum atomic E-state index is -0.221. The number of benzene rings is 2. The number of nitrogens with zero attached hydrogens (tertiary/aromatic N) is 3. The van der Waals surface area contributed by atoms with Gasteiger partial charge in [0.15, 0.2) is 0 Å². The molecule has 1 saturated heterocycles. The summed E-state index contributed by atoms with van der Waals surface area (Å²) in [5, 5.41) is 0. The number of halogens is 1. The van der Waals surface area contributed by atoms with Gasteiger partial charge in [0, 0.05) is 31.5 Å². The molecule has 0 N–H and O–H groups in total. The summed E-state index contributed by atoms with van der Waals surface area (Å²) in [6.45, 7) is 1.07. The minimum absolute atomic E-state index is 0.0432. The molecule has 1 amide bonds. The van der Waals surface area contributed by atoms with Crippen molar-refractivity contribution in [2.45, 2.75) is 18.9 Å². The summed E-state index contributed by atoms with van der Waals surface area (Å²) in [5.74, 6) is 0.809. The number of aromatic nitrogens is 2. The van der Waals surface area contributed by atoms with Gasteiger partial charge in [-0.3, -0.25) is 4.79 Å². The number of para-hydroxylation sites is 2. The lowest BCUT2D eigenvalue weighted by molar-refractivity contribution is -0.126. The van der Waals surface area contributed by atoms with Crippen molar-refractivity contribution in [1.29, 1.82) is 0 Å². The van der Waals surface area contributed by atoms with Crippen LogP contribution in [0.25, 0.3) is 11.0 Å². The standard InChI is InChI=1S/C19H18FN3O/c1-22-11-14(10-18(22)24)19-21-16-8-4-5-9-17(16)23(19)12-13-6-2-3-7-15(13)20/h2-9,14H,10-12H2,1H3/t14-/m0/s1. The highest BCUT2D eigenvalue weighted by Gasteiger charge is 2.32. The molecule has 1 aliphatic heterocycles. The Balaban J connectivity index is 1.82. The molecular weight excluding hydrogens is 305 g/mol. The summed E-state index contributed by atoms with van der Waals surface area (Å²) in [5.41, 5.74) is 2.48. The lowest BCUT2D eigenvalue weighted by Crippen LogP contribution is -2.19. The van der Waals surface area contributed by atoms with Crippen molar-refractivity contribution in [3.05, 3.63) is 65.7 Å². The Labute approximate surface area is 139 Å². The van der Waals surface area contributed by atoms with Crippen LogP contribution < -0.4 is 0 Å². The molecule has 5 heteroatoms.